The third-order valence-corrected chi connectivity index (χ3v) is 5.06. The second-order valence-electron chi connectivity index (χ2n) is 4.80. The van der Waals surface area contributed by atoms with E-state index in [0.717, 1.165) is 0 Å². The molecule has 0 amide bonds. The molecule has 1 heterocycles. The molecule has 0 bridgehead atoms. The Morgan fingerprint density at radius 2 is 2.25 bits per heavy atom. The summed E-state index contributed by atoms with van der Waals surface area (Å²) in [6.07, 6.45) is 5.66. The summed E-state index contributed by atoms with van der Waals surface area (Å²) in [4.78, 5) is 23.5. The van der Waals surface area contributed by atoms with E-state index < -0.39 is 12.1 Å². The topological polar surface area (TPSA) is 75.6 Å². The number of hydrogen-bond acceptors (Lipinski definition) is 5. The molecule has 0 saturated heterocycles. The highest BCUT2D eigenvalue weighted by molar-refractivity contribution is 8.03. The van der Waals surface area contributed by atoms with Crippen molar-refractivity contribution in [2.45, 2.75) is 12.5 Å². The number of thioether (sulfide) groups is 1. The van der Waals surface area contributed by atoms with E-state index >= 15 is 0 Å². The van der Waals surface area contributed by atoms with Crippen LogP contribution in [0.25, 0.3) is 0 Å². The van der Waals surface area contributed by atoms with Gasteiger partial charge in [0.05, 0.1) is 15.8 Å². The Bertz CT molecular complexity index is 770. The van der Waals surface area contributed by atoms with Gasteiger partial charge >= 0.3 is 5.97 Å². The van der Waals surface area contributed by atoms with Crippen LogP contribution in [0.15, 0.2) is 17.2 Å². The first-order valence-electron chi connectivity index (χ1n) is 6.79. The van der Waals surface area contributed by atoms with E-state index in [4.69, 9.17) is 39.5 Å². The van der Waals surface area contributed by atoms with Gasteiger partial charge in [0.25, 0.3) is 0 Å². The second-order valence-corrected chi connectivity index (χ2v) is 6.58. The van der Waals surface area contributed by atoms with Crippen molar-refractivity contribution in [2.75, 3.05) is 12.8 Å². The first kappa shape index (κ1) is 18.5. The Morgan fingerprint density at radius 3 is 2.83 bits per heavy atom. The third-order valence-electron chi connectivity index (χ3n) is 3.26. The first-order valence-corrected chi connectivity index (χ1v) is 8.53. The standard InChI is InChI=1S/C16H13Cl2NO4S/c1-3-4-24-12(19-2)7-10(20)9-5-8-6-11(16(21)22)23-15(8)14(18)13(9)17/h1,5,7,11,19H,4,6H2,2H3,(H,21,22). The molecule has 1 aliphatic rings. The van der Waals surface area contributed by atoms with E-state index in [9.17, 15) is 9.59 Å². The van der Waals surface area contributed by atoms with Crippen LogP contribution in [0, 0.1) is 12.3 Å². The number of allylic oxidation sites excluding steroid dienone is 1. The lowest BCUT2D eigenvalue weighted by Crippen LogP contribution is -2.24. The summed E-state index contributed by atoms with van der Waals surface area (Å²) in [5.74, 6) is 1.62. The van der Waals surface area contributed by atoms with Gasteiger partial charge in [-0.1, -0.05) is 40.9 Å². The maximum Gasteiger partial charge on any atom is 0.345 e. The molecule has 1 aromatic rings. The highest BCUT2D eigenvalue weighted by Crippen LogP contribution is 2.42. The number of halogens is 2. The van der Waals surface area contributed by atoms with Gasteiger partial charge in [0.1, 0.15) is 10.8 Å². The highest BCUT2D eigenvalue weighted by Gasteiger charge is 2.33. The van der Waals surface area contributed by atoms with Crippen molar-refractivity contribution < 1.29 is 19.4 Å². The number of rotatable bonds is 6. The SMILES string of the molecule is C#CCSC(=CC(=O)c1cc2c(c(Cl)c1Cl)OC(C(=O)O)C2)NC. The number of nitrogens with one attached hydrogen (secondary N) is 1. The van der Waals surface area contributed by atoms with E-state index in [1.54, 1.807) is 7.05 Å². The normalized spacial score (nSPS) is 16.1. The molecule has 0 saturated carbocycles. The molecular weight excluding hydrogens is 373 g/mol. The number of terminal acetylenes is 1. The van der Waals surface area contributed by atoms with E-state index in [1.165, 1.54) is 23.9 Å². The van der Waals surface area contributed by atoms with Gasteiger partial charge in [-0.2, -0.15) is 0 Å². The minimum Gasteiger partial charge on any atom is -0.478 e. The highest BCUT2D eigenvalue weighted by atomic mass is 35.5. The minimum atomic E-state index is -1.10. The number of carboxylic acid groups (broad SMARTS) is 1. The van der Waals surface area contributed by atoms with Crippen LogP contribution in [-0.4, -0.2) is 35.8 Å². The van der Waals surface area contributed by atoms with Crippen molar-refractivity contribution >= 4 is 46.7 Å². The summed E-state index contributed by atoms with van der Waals surface area (Å²) in [6.45, 7) is 0. The molecule has 24 heavy (non-hydrogen) atoms. The van der Waals surface area contributed by atoms with Crippen molar-refractivity contribution in [3.8, 4) is 18.1 Å². The molecule has 8 heteroatoms. The second kappa shape index (κ2) is 7.84. The number of carbonyl (C=O) groups excluding carboxylic acids is 1. The molecule has 5 nitrogen and oxygen atoms in total. The van der Waals surface area contributed by atoms with Crippen molar-refractivity contribution in [3.63, 3.8) is 0 Å². The fourth-order valence-electron chi connectivity index (χ4n) is 2.14. The van der Waals surface area contributed by atoms with Crippen LogP contribution in [0.3, 0.4) is 0 Å². The third kappa shape index (κ3) is 3.81. The summed E-state index contributed by atoms with van der Waals surface area (Å²) < 4.78 is 5.29. The van der Waals surface area contributed by atoms with Crippen LogP contribution in [0.2, 0.25) is 10.0 Å². The number of ketones is 1. The van der Waals surface area contributed by atoms with Crippen molar-refractivity contribution in [1.82, 2.24) is 5.32 Å². The van der Waals surface area contributed by atoms with Gasteiger partial charge < -0.3 is 15.2 Å². The van der Waals surface area contributed by atoms with Gasteiger partial charge in [-0.3, -0.25) is 4.79 Å². The summed E-state index contributed by atoms with van der Waals surface area (Å²) >= 11 is 13.6. The summed E-state index contributed by atoms with van der Waals surface area (Å²) in [5, 5.41) is 12.6. The van der Waals surface area contributed by atoms with E-state index in [1.807, 2.05) is 0 Å². The van der Waals surface area contributed by atoms with Gasteiger partial charge in [-0.15, -0.1) is 6.42 Å². The quantitative estimate of drug-likeness (QED) is 0.445. The number of carbonyl (C=O) groups is 2. The van der Waals surface area contributed by atoms with E-state index in [-0.39, 0.29) is 33.6 Å². The van der Waals surface area contributed by atoms with Crippen LogP contribution in [0.4, 0.5) is 0 Å². The fraction of sp³-hybridized carbons (Fsp3) is 0.250. The average molecular weight is 386 g/mol. The summed E-state index contributed by atoms with van der Waals surface area (Å²) in [6, 6.07) is 1.52. The molecule has 0 radical (unpaired) electrons. The summed E-state index contributed by atoms with van der Waals surface area (Å²) in [5.41, 5.74) is 0.722. The number of carboxylic acids is 1. The van der Waals surface area contributed by atoms with E-state index in [0.29, 0.717) is 16.3 Å². The van der Waals surface area contributed by atoms with Crippen LogP contribution >= 0.6 is 35.0 Å². The molecule has 0 fully saturated rings. The number of ether oxygens (including phenoxy) is 1. The Balaban J connectivity index is 2.36. The lowest BCUT2D eigenvalue weighted by Gasteiger charge is -2.09. The van der Waals surface area contributed by atoms with E-state index in [2.05, 4.69) is 11.2 Å². The van der Waals surface area contributed by atoms with Crippen molar-refractivity contribution in [1.29, 1.82) is 0 Å². The van der Waals surface area contributed by atoms with Gasteiger partial charge in [-0.25, -0.2) is 4.79 Å². The summed E-state index contributed by atoms with van der Waals surface area (Å²) in [7, 11) is 1.67. The van der Waals surface area contributed by atoms with Crippen molar-refractivity contribution in [2.24, 2.45) is 0 Å². The molecule has 1 atom stereocenters. The maximum atomic E-state index is 12.5. The monoisotopic (exact) mass is 385 g/mol. The molecule has 0 aromatic heterocycles. The number of aliphatic carboxylic acids is 1. The molecule has 1 aromatic carbocycles. The zero-order valence-electron chi connectivity index (χ0n) is 12.6. The molecule has 2 N–H and O–H groups in total. The lowest BCUT2D eigenvalue weighted by molar-refractivity contribution is -0.144. The van der Waals surface area contributed by atoms with Crippen LogP contribution < -0.4 is 10.1 Å². The van der Waals surface area contributed by atoms with Crippen molar-refractivity contribution in [3.05, 3.63) is 38.3 Å². The van der Waals surface area contributed by atoms with Gasteiger partial charge in [-0.05, 0) is 6.07 Å². The smallest absolute Gasteiger partial charge is 0.345 e. The number of fused-ring (bicyclic) bond motifs is 1. The fourth-order valence-corrected chi connectivity index (χ4v) is 3.22. The average Bonchev–Trinajstić information content (AvgIpc) is 2.99. The Labute approximate surface area is 153 Å². The largest absolute Gasteiger partial charge is 0.478 e. The zero-order valence-corrected chi connectivity index (χ0v) is 14.9. The predicted octanol–water partition coefficient (Wildman–Crippen LogP) is 2.99. The number of hydrogen-bond donors (Lipinski definition) is 2. The molecule has 1 aliphatic heterocycles. The molecule has 1 unspecified atom stereocenters. The number of benzene rings is 1. The van der Waals surface area contributed by atoms with Crippen LogP contribution in [0.5, 0.6) is 5.75 Å². The molecule has 2 rings (SSSR count). The predicted molar refractivity (Wildman–Crippen MR) is 95.0 cm³/mol. The molecule has 0 aliphatic carbocycles. The Morgan fingerprint density at radius 1 is 1.54 bits per heavy atom. The van der Waals surface area contributed by atoms with Gasteiger partial charge in [0, 0.05) is 30.7 Å². The Kier molecular flexibility index (Phi) is 6.05. The Hall–Kier alpha value is -1.81. The van der Waals surface area contributed by atoms with Crippen LogP contribution in [0.1, 0.15) is 15.9 Å². The van der Waals surface area contributed by atoms with Gasteiger partial charge in [0.15, 0.2) is 11.9 Å². The zero-order chi connectivity index (χ0) is 17.9. The molecule has 0 spiro atoms. The molecular formula is C16H13Cl2NO4S. The lowest BCUT2D eigenvalue weighted by atomic mass is 10.0. The van der Waals surface area contributed by atoms with Gasteiger partial charge in [0.2, 0.25) is 0 Å². The molecule has 126 valence electrons. The minimum absolute atomic E-state index is 0.0279. The van der Waals surface area contributed by atoms with Crippen LogP contribution in [-0.2, 0) is 11.2 Å². The first-order chi connectivity index (χ1) is 11.4. The maximum absolute atomic E-state index is 12.5.